The van der Waals surface area contributed by atoms with Crippen molar-refractivity contribution in [3.63, 3.8) is 0 Å². The smallest absolute Gasteiger partial charge is 0.300 e. The lowest BCUT2D eigenvalue weighted by Gasteiger charge is -2.26. The van der Waals surface area contributed by atoms with Gasteiger partial charge in [-0.25, -0.2) is 0 Å². The predicted molar refractivity (Wildman–Crippen MR) is 132 cm³/mol. The minimum Gasteiger partial charge on any atom is -0.507 e. The molecule has 1 heterocycles. The number of Topliss-reactive ketones (excluding diaryl/α,β-unsaturated/α-hetero) is 1. The van der Waals surface area contributed by atoms with Crippen molar-refractivity contribution in [3.8, 4) is 11.5 Å². The third-order valence-corrected chi connectivity index (χ3v) is 5.95. The molecular weight excluding hydrogens is 454 g/mol. The van der Waals surface area contributed by atoms with Gasteiger partial charge in [-0.15, -0.1) is 0 Å². The minimum absolute atomic E-state index is 0.0122. The fourth-order valence-electron chi connectivity index (χ4n) is 4.11. The largest absolute Gasteiger partial charge is 0.507 e. The number of ether oxygens (including phenoxy) is 2. The van der Waals surface area contributed by atoms with Crippen LogP contribution in [0.5, 0.6) is 11.5 Å². The summed E-state index contributed by atoms with van der Waals surface area (Å²) in [5, 5.41) is 11.6. The fraction of sp³-hybridized carbons (Fsp3) is 0.185. The van der Waals surface area contributed by atoms with Crippen molar-refractivity contribution in [2.45, 2.75) is 19.9 Å². The molecular formula is C27H24ClNO5. The molecule has 0 aromatic heterocycles. The van der Waals surface area contributed by atoms with Crippen molar-refractivity contribution in [2.24, 2.45) is 0 Å². The monoisotopic (exact) mass is 477 g/mol. The number of aliphatic hydroxyl groups is 1. The van der Waals surface area contributed by atoms with Crippen molar-refractivity contribution in [1.82, 2.24) is 0 Å². The zero-order valence-corrected chi connectivity index (χ0v) is 19.8. The lowest BCUT2D eigenvalue weighted by atomic mass is 9.94. The van der Waals surface area contributed by atoms with E-state index in [1.54, 1.807) is 36.4 Å². The van der Waals surface area contributed by atoms with E-state index in [1.807, 2.05) is 38.1 Å². The van der Waals surface area contributed by atoms with E-state index < -0.39 is 17.7 Å². The van der Waals surface area contributed by atoms with Crippen molar-refractivity contribution in [1.29, 1.82) is 0 Å². The van der Waals surface area contributed by atoms with Crippen LogP contribution in [-0.2, 0) is 9.59 Å². The van der Waals surface area contributed by atoms with E-state index in [-0.39, 0.29) is 11.3 Å². The Morgan fingerprint density at radius 1 is 1.06 bits per heavy atom. The Balaban J connectivity index is 1.94. The fourth-order valence-corrected chi connectivity index (χ4v) is 4.30. The van der Waals surface area contributed by atoms with E-state index in [2.05, 4.69) is 0 Å². The zero-order chi connectivity index (χ0) is 24.4. The molecule has 174 valence electrons. The molecule has 3 aromatic rings. The second-order valence-electron chi connectivity index (χ2n) is 7.86. The van der Waals surface area contributed by atoms with Crippen LogP contribution in [0.15, 0.2) is 72.3 Å². The maximum absolute atomic E-state index is 13.3. The summed E-state index contributed by atoms with van der Waals surface area (Å²) < 4.78 is 10.9. The van der Waals surface area contributed by atoms with E-state index in [9.17, 15) is 14.7 Å². The highest BCUT2D eigenvalue weighted by Crippen LogP contribution is 2.43. The Morgan fingerprint density at radius 2 is 1.82 bits per heavy atom. The maximum atomic E-state index is 13.3. The number of nitrogens with zero attached hydrogens (tertiary/aromatic N) is 1. The first-order chi connectivity index (χ1) is 16.3. The van der Waals surface area contributed by atoms with Crippen LogP contribution in [0.4, 0.5) is 5.69 Å². The minimum atomic E-state index is -0.835. The first kappa shape index (κ1) is 23.4. The number of benzene rings is 3. The number of amides is 1. The van der Waals surface area contributed by atoms with Crippen LogP contribution < -0.4 is 14.4 Å². The topological polar surface area (TPSA) is 76.1 Å². The summed E-state index contributed by atoms with van der Waals surface area (Å²) >= 11 is 6.13. The molecule has 3 aromatic carbocycles. The molecule has 4 rings (SSSR count). The number of rotatable bonds is 6. The van der Waals surface area contributed by atoms with Gasteiger partial charge in [0.2, 0.25) is 0 Å². The second kappa shape index (κ2) is 9.61. The van der Waals surface area contributed by atoms with Gasteiger partial charge in [-0.2, -0.15) is 0 Å². The Morgan fingerprint density at radius 3 is 2.53 bits per heavy atom. The van der Waals surface area contributed by atoms with Crippen molar-refractivity contribution >= 4 is 34.7 Å². The van der Waals surface area contributed by atoms with Gasteiger partial charge >= 0.3 is 0 Å². The van der Waals surface area contributed by atoms with E-state index in [4.69, 9.17) is 21.1 Å². The number of aliphatic hydroxyl groups excluding tert-OH is 1. The van der Waals surface area contributed by atoms with Crippen LogP contribution in [0.3, 0.4) is 0 Å². The Bertz CT molecular complexity index is 1300. The highest BCUT2D eigenvalue weighted by molar-refractivity contribution is 6.51. The van der Waals surface area contributed by atoms with Gasteiger partial charge in [0.15, 0.2) is 0 Å². The van der Waals surface area contributed by atoms with Crippen LogP contribution in [0, 0.1) is 6.92 Å². The van der Waals surface area contributed by atoms with Gasteiger partial charge in [-0.05, 0) is 49.7 Å². The van der Waals surface area contributed by atoms with Gasteiger partial charge in [0.05, 0.1) is 30.4 Å². The van der Waals surface area contributed by atoms with Gasteiger partial charge in [-0.1, -0.05) is 47.5 Å². The van der Waals surface area contributed by atoms with E-state index in [0.717, 1.165) is 5.56 Å². The predicted octanol–water partition coefficient (Wildman–Crippen LogP) is 5.68. The number of carbonyl (C=O) groups excluding carboxylic acids is 2. The molecule has 0 radical (unpaired) electrons. The zero-order valence-electron chi connectivity index (χ0n) is 19.0. The normalized spacial score (nSPS) is 17.2. The molecule has 6 nitrogen and oxygen atoms in total. The summed E-state index contributed by atoms with van der Waals surface area (Å²) in [5.74, 6) is -0.894. The number of ketones is 1. The number of aryl methyl sites for hydroxylation is 1. The lowest BCUT2D eigenvalue weighted by molar-refractivity contribution is -0.132. The van der Waals surface area contributed by atoms with E-state index >= 15 is 0 Å². The first-order valence-electron chi connectivity index (χ1n) is 10.8. The molecule has 1 amide bonds. The molecule has 7 heteroatoms. The number of carbonyl (C=O) groups is 2. The van der Waals surface area contributed by atoms with Crippen molar-refractivity contribution in [2.75, 3.05) is 18.6 Å². The molecule has 1 atom stereocenters. The van der Waals surface area contributed by atoms with Crippen LogP contribution in [0.2, 0.25) is 5.02 Å². The van der Waals surface area contributed by atoms with Crippen LogP contribution in [0.25, 0.3) is 5.76 Å². The highest BCUT2D eigenvalue weighted by atomic mass is 35.5. The van der Waals surface area contributed by atoms with Crippen molar-refractivity contribution in [3.05, 3.63) is 94.0 Å². The average molecular weight is 478 g/mol. The highest BCUT2D eigenvalue weighted by Gasteiger charge is 2.47. The van der Waals surface area contributed by atoms with Gasteiger partial charge in [0, 0.05) is 17.3 Å². The molecule has 1 unspecified atom stereocenters. The molecule has 0 bridgehead atoms. The average Bonchev–Trinajstić information content (AvgIpc) is 3.10. The SMILES string of the molecule is CCOc1cccc(N2C(=O)C(=O)/C(=C(/O)c3ccc(Cl)c(OC)c3)C2c2cccc(C)c2)c1. The molecule has 34 heavy (non-hydrogen) atoms. The number of anilines is 1. The van der Waals surface area contributed by atoms with Crippen LogP contribution in [-0.4, -0.2) is 30.5 Å². The maximum Gasteiger partial charge on any atom is 0.300 e. The standard InChI is InChI=1S/C27H24ClNO5/c1-4-34-20-10-6-9-19(15-20)29-24(17-8-5-7-16(2)13-17)23(26(31)27(29)32)25(30)18-11-12-21(28)22(14-18)33-3/h5-15,24,30H,4H2,1-3H3/b25-23+. The number of hydrogen-bond acceptors (Lipinski definition) is 5. The summed E-state index contributed by atoms with van der Waals surface area (Å²) in [7, 11) is 1.46. The second-order valence-corrected chi connectivity index (χ2v) is 8.27. The number of halogens is 1. The lowest BCUT2D eigenvalue weighted by Crippen LogP contribution is -2.29. The third kappa shape index (κ3) is 4.24. The summed E-state index contributed by atoms with van der Waals surface area (Å²) in [4.78, 5) is 28.0. The van der Waals surface area contributed by atoms with E-state index in [0.29, 0.717) is 39.9 Å². The third-order valence-electron chi connectivity index (χ3n) is 5.63. The van der Waals surface area contributed by atoms with Gasteiger partial charge in [0.1, 0.15) is 17.3 Å². The molecule has 1 aliphatic heterocycles. The van der Waals surface area contributed by atoms with Crippen molar-refractivity contribution < 1.29 is 24.2 Å². The van der Waals surface area contributed by atoms with Crippen LogP contribution >= 0.6 is 11.6 Å². The van der Waals surface area contributed by atoms with Gasteiger partial charge in [-0.3, -0.25) is 14.5 Å². The summed E-state index contributed by atoms with van der Waals surface area (Å²) in [6.45, 7) is 4.25. The summed E-state index contributed by atoms with van der Waals surface area (Å²) in [5.41, 5.74) is 2.46. The Kier molecular flexibility index (Phi) is 6.61. The summed E-state index contributed by atoms with van der Waals surface area (Å²) in [6, 6.07) is 18.3. The molecule has 1 fully saturated rings. The Labute approximate surface area is 203 Å². The van der Waals surface area contributed by atoms with Crippen LogP contribution in [0.1, 0.15) is 29.7 Å². The molecule has 0 aliphatic carbocycles. The molecule has 1 N–H and O–H groups in total. The quantitative estimate of drug-likeness (QED) is 0.281. The van der Waals surface area contributed by atoms with Gasteiger partial charge in [0.25, 0.3) is 11.7 Å². The molecule has 1 saturated heterocycles. The van der Waals surface area contributed by atoms with Gasteiger partial charge < -0.3 is 14.6 Å². The first-order valence-corrected chi connectivity index (χ1v) is 11.2. The number of hydrogen-bond donors (Lipinski definition) is 1. The molecule has 0 saturated carbocycles. The molecule has 0 spiro atoms. The summed E-state index contributed by atoms with van der Waals surface area (Å²) in [6.07, 6.45) is 0. The number of methoxy groups -OCH3 is 1. The van der Waals surface area contributed by atoms with E-state index in [1.165, 1.54) is 18.1 Å². The molecule has 1 aliphatic rings. The Hall–Kier alpha value is -3.77.